The number of carbonyl (C=O) groups is 1. The molecule has 0 unspecified atom stereocenters. The molecule has 12 heteroatoms. The first kappa shape index (κ1) is 25.8. The van der Waals surface area contributed by atoms with E-state index in [-0.39, 0.29) is 22.2 Å². The van der Waals surface area contributed by atoms with Gasteiger partial charge in [-0.25, -0.2) is 14.4 Å². The molecule has 198 valence electrons. The second-order valence-corrected chi connectivity index (χ2v) is 9.13. The van der Waals surface area contributed by atoms with Crippen LogP contribution in [-0.2, 0) is 0 Å². The van der Waals surface area contributed by atoms with Gasteiger partial charge in [0.15, 0.2) is 23.0 Å². The van der Waals surface area contributed by atoms with Crippen LogP contribution in [0.1, 0.15) is 10.4 Å². The summed E-state index contributed by atoms with van der Waals surface area (Å²) in [5, 5.41) is 9.64. The Hall–Kier alpha value is -3.80. The molecule has 0 aliphatic carbocycles. The number of fused-ring (bicyclic) bond motifs is 1. The van der Waals surface area contributed by atoms with Gasteiger partial charge in [-0.15, -0.1) is 0 Å². The molecule has 1 aliphatic heterocycles. The molecule has 0 saturated carbocycles. The van der Waals surface area contributed by atoms with Crippen LogP contribution >= 0.6 is 11.6 Å². The third-order valence-electron chi connectivity index (χ3n) is 6.37. The van der Waals surface area contributed by atoms with Crippen molar-refractivity contribution in [2.24, 2.45) is 0 Å². The number of ether oxygens (including phenoxy) is 1. The summed E-state index contributed by atoms with van der Waals surface area (Å²) < 4.78 is 35.5. The SMILES string of the molecule is COc1ccc(-c2cnc3c(Nc4ccc(C(=O)NCCN5CCNCC5)c(Cl)c4)nccn23)c(F)c1F. The van der Waals surface area contributed by atoms with Crippen molar-refractivity contribution < 1.29 is 18.3 Å². The molecule has 1 saturated heterocycles. The molecule has 0 radical (unpaired) electrons. The molecule has 2 aromatic heterocycles. The lowest BCUT2D eigenvalue weighted by Gasteiger charge is -2.27. The summed E-state index contributed by atoms with van der Waals surface area (Å²) in [6.45, 7) is 5.13. The maximum Gasteiger partial charge on any atom is 0.252 e. The molecule has 0 atom stereocenters. The molecule has 4 aromatic rings. The molecule has 2 aromatic carbocycles. The second-order valence-electron chi connectivity index (χ2n) is 8.72. The zero-order valence-corrected chi connectivity index (χ0v) is 21.4. The quantitative estimate of drug-likeness (QED) is 0.313. The van der Waals surface area contributed by atoms with Gasteiger partial charge in [-0.2, -0.15) is 4.39 Å². The predicted molar refractivity (Wildman–Crippen MR) is 141 cm³/mol. The molecule has 5 rings (SSSR count). The minimum absolute atomic E-state index is 0.0308. The van der Waals surface area contributed by atoms with E-state index >= 15 is 0 Å². The Labute approximate surface area is 222 Å². The van der Waals surface area contributed by atoms with E-state index in [1.54, 1.807) is 28.8 Å². The van der Waals surface area contributed by atoms with E-state index in [9.17, 15) is 13.6 Å². The Morgan fingerprint density at radius 3 is 2.74 bits per heavy atom. The number of imidazole rings is 1. The van der Waals surface area contributed by atoms with Gasteiger partial charge in [0.25, 0.3) is 5.91 Å². The van der Waals surface area contributed by atoms with E-state index in [0.29, 0.717) is 35.0 Å². The number of amides is 1. The number of hydrogen-bond donors (Lipinski definition) is 3. The van der Waals surface area contributed by atoms with Gasteiger partial charge in [0, 0.05) is 62.9 Å². The van der Waals surface area contributed by atoms with Crippen LogP contribution in [0.4, 0.5) is 20.3 Å². The minimum atomic E-state index is -1.07. The lowest BCUT2D eigenvalue weighted by molar-refractivity contribution is 0.0947. The molecule has 1 amide bonds. The minimum Gasteiger partial charge on any atom is -0.494 e. The summed E-state index contributed by atoms with van der Waals surface area (Å²) in [6.07, 6.45) is 4.55. The molecular weight excluding hydrogens is 516 g/mol. The van der Waals surface area contributed by atoms with E-state index in [1.807, 2.05) is 0 Å². The summed E-state index contributed by atoms with van der Waals surface area (Å²) in [4.78, 5) is 23.6. The first-order valence-electron chi connectivity index (χ1n) is 12.1. The van der Waals surface area contributed by atoms with Crippen LogP contribution in [0, 0.1) is 11.6 Å². The number of anilines is 2. The molecule has 0 bridgehead atoms. The number of aromatic nitrogens is 3. The molecule has 1 aliphatic rings. The Morgan fingerprint density at radius 1 is 1.16 bits per heavy atom. The molecule has 38 heavy (non-hydrogen) atoms. The van der Waals surface area contributed by atoms with Gasteiger partial charge >= 0.3 is 0 Å². The number of methoxy groups -OCH3 is 1. The highest BCUT2D eigenvalue weighted by Gasteiger charge is 2.19. The summed E-state index contributed by atoms with van der Waals surface area (Å²) in [5.74, 6) is -2.17. The van der Waals surface area contributed by atoms with Crippen LogP contribution in [0.15, 0.2) is 48.9 Å². The van der Waals surface area contributed by atoms with Crippen molar-refractivity contribution >= 4 is 34.7 Å². The van der Waals surface area contributed by atoms with Gasteiger partial charge in [0.1, 0.15) is 0 Å². The standard InChI is InChI=1S/C26H26ClF2N7O2/c1-38-21-5-4-18(22(28)23(21)29)20-15-33-25-24(31-9-13-36(20)25)34-16-2-3-17(19(27)14-16)26(37)32-8-12-35-10-6-30-7-11-35/h2-5,9,13-15,30H,6-8,10-12H2,1H3,(H,31,34)(H,32,37). The van der Waals surface area contributed by atoms with Gasteiger partial charge in [-0.1, -0.05) is 11.6 Å². The maximum absolute atomic E-state index is 14.7. The Bertz CT molecular complexity index is 1470. The second kappa shape index (κ2) is 11.3. The Kier molecular flexibility index (Phi) is 7.68. The van der Waals surface area contributed by atoms with Crippen LogP contribution in [0.25, 0.3) is 16.9 Å². The first-order chi connectivity index (χ1) is 18.5. The third-order valence-corrected chi connectivity index (χ3v) is 6.68. The number of hydrogen-bond acceptors (Lipinski definition) is 7. The van der Waals surface area contributed by atoms with Crippen LogP contribution in [0.3, 0.4) is 0 Å². The normalized spacial score (nSPS) is 14.0. The van der Waals surface area contributed by atoms with Gasteiger partial charge in [-0.3, -0.25) is 14.1 Å². The van der Waals surface area contributed by atoms with Crippen LogP contribution in [-0.4, -0.2) is 71.6 Å². The number of rotatable bonds is 8. The topological polar surface area (TPSA) is 95.8 Å². The molecule has 3 heterocycles. The first-order valence-corrected chi connectivity index (χ1v) is 12.5. The monoisotopic (exact) mass is 541 g/mol. The highest BCUT2D eigenvalue weighted by atomic mass is 35.5. The highest BCUT2D eigenvalue weighted by Crippen LogP contribution is 2.32. The van der Waals surface area contributed by atoms with Crippen LogP contribution in [0.2, 0.25) is 5.02 Å². The largest absolute Gasteiger partial charge is 0.494 e. The van der Waals surface area contributed by atoms with E-state index < -0.39 is 11.6 Å². The number of benzene rings is 2. The smallest absolute Gasteiger partial charge is 0.252 e. The molecular formula is C26H26ClF2N7O2. The van der Waals surface area contributed by atoms with Crippen molar-refractivity contribution in [3.8, 4) is 17.0 Å². The molecule has 3 N–H and O–H groups in total. The molecule has 1 fully saturated rings. The summed E-state index contributed by atoms with van der Waals surface area (Å²) >= 11 is 6.43. The van der Waals surface area contributed by atoms with Gasteiger partial charge < -0.3 is 20.7 Å². The van der Waals surface area contributed by atoms with Crippen molar-refractivity contribution in [2.45, 2.75) is 0 Å². The van der Waals surface area contributed by atoms with Crippen molar-refractivity contribution in [3.05, 3.63) is 71.1 Å². The van der Waals surface area contributed by atoms with Crippen molar-refractivity contribution in [2.75, 3.05) is 51.7 Å². The van der Waals surface area contributed by atoms with Crippen LogP contribution < -0.4 is 20.7 Å². The van der Waals surface area contributed by atoms with E-state index in [1.165, 1.54) is 31.6 Å². The van der Waals surface area contributed by atoms with Crippen molar-refractivity contribution in [3.63, 3.8) is 0 Å². The number of piperazine rings is 1. The van der Waals surface area contributed by atoms with E-state index in [4.69, 9.17) is 16.3 Å². The fourth-order valence-corrected chi connectivity index (χ4v) is 4.63. The fraction of sp³-hybridized carbons (Fsp3) is 0.269. The highest BCUT2D eigenvalue weighted by molar-refractivity contribution is 6.34. The Morgan fingerprint density at radius 2 is 1.97 bits per heavy atom. The number of nitrogens with one attached hydrogen (secondary N) is 3. The fourth-order valence-electron chi connectivity index (χ4n) is 4.37. The summed E-state index contributed by atoms with van der Waals surface area (Å²) in [5.41, 5.74) is 1.71. The lowest BCUT2D eigenvalue weighted by Crippen LogP contribution is -2.46. The number of halogens is 3. The van der Waals surface area contributed by atoms with Crippen molar-refractivity contribution in [1.82, 2.24) is 29.9 Å². The van der Waals surface area contributed by atoms with Gasteiger partial charge in [0.2, 0.25) is 5.82 Å². The third kappa shape index (κ3) is 5.26. The zero-order chi connectivity index (χ0) is 26.6. The molecule has 0 spiro atoms. The molecule has 9 nitrogen and oxygen atoms in total. The van der Waals surface area contributed by atoms with E-state index in [2.05, 4.69) is 30.8 Å². The number of carbonyl (C=O) groups excluding carboxylic acids is 1. The van der Waals surface area contributed by atoms with Crippen LogP contribution in [0.5, 0.6) is 5.75 Å². The lowest BCUT2D eigenvalue weighted by atomic mass is 10.1. The Balaban J connectivity index is 1.31. The van der Waals surface area contributed by atoms with Gasteiger partial charge in [-0.05, 0) is 30.3 Å². The van der Waals surface area contributed by atoms with Gasteiger partial charge in [0.05, 0.1) is 29.6 Å². The summed E-state index contributed by atoms with van der Waals surface area (Å²) in [7, 11) is 1.27. The average molecular weight is 542 g/mol. The van der Waals surface area contributed by atoms with E-state index in [0.717, 1.165) is 32.7 Å². The van der Waals surface area contributed by atoms with Crippen molar-refractivity contribution in [1.29, 1.82) is 0 Å². The zero-order valence-electron chi connectivity index (χ0n) is 20.6. The average Bonchev–Trinajstić information content (AvgIpc) is 3.36. The number of nitrogens with zero attached hydrogens (tertiary/aromatic N) is 4. The predicted octanol–water partition coefficient (Wildman–Crippen LogP) is 3.72. The maximum atomic E-state index is 14.7. The summed E-state index contributed by atoms with van der Waals surface area (Å²) in [6, 6.07) is 7.77.